The Morgan fingerprint density at radius 1 is 0.923 bits per heavy atom. The van der Waals surface area contributed by atoms with Gasteiger partial charge in [-0.15, -0.1) is 0 Å². The maximum absolute atomic E-state index is 13.6. The maximum Gasteiger partial charge on any atom is 0.266 e. The molecule has 5 heteroatoms. The lowest BCUT2D eigenvalue weighted by atomic mass is 9.85. The molecule has 0 saturated heterocycles. The predicted molar refractivity (Wildman–Crippen MR) is 104 cm³/mol. The second kappa shape index (κ2) is 5.61. The van der Waals surface area contributed by atoms with Crippen LogP contribution in [0.15, 0.2) is 87.5 Å². The van der Waals surface area contributed by atoms with Crippen LogP contribution in [-0.2, 0) is 16.9 Å². The molecule has 5 rings (SSSR count). The second-order valence-corrected chi connectivity index (χ2v) is 7.38. The van der Waals surface area contributed by atoms with Gasteiger partial charge in [-0.25, -0.2) is 0 Å². The highest BCUT2D eigenvalue weighted by atomic mass is 79.9. The van der Waals surface area contributed by atoms with Crippen molar-refractivity contribution in [1.82, 2.24) is 0 Å². The van der Waals surface area contributed by atoms with Gasteiger partial charge in [-0.3, -0.25) is 4.79 Å². The molecular formula is C21H14BrN3O. The zero-order valence-corrected chi connectivity index (χ0v) is 15.3. The number of nitrogens with zero attached hydrogens (tertiary/aromatic N) is 3. The van der Waals surface area contributed by atoms with E-state index in [1.165, 1.54) is 0 Å². The number of hydrogen-bond acceptors (Lipinski definition) is 3. The number of rotatable bonds is 2. The average molecular weight is 404 g/mol. The molecule has 0 bridgehead atoms. The van der Waals surface area contributed by atoms with Gasteiger partial charge in [0, 0.05) is 15.6 Å². The summed E-state index contributed by atoms with van der Waals surface area (Å²) < 4.78 is 0.933. The minimum Gasteiger partial charge on any atom is -0.305 e. The van der Waals surface area contributed by atoms with Crippen LogP contribution in [0.4, 0.5) is 11.4 Å². The Labute approximate surface area is 159 Å². The highest BCUT2D eigenvalue weighted by Crippen LogP contribution is 2.54. The van der Waals surface area contributed by atoms with Crippen LogP contribution in [0.25, 0.3) is 0 Å². The van der Waals surface area contributed by atoms with Crippen molar-refractivity contribution < 1.29 is 4.79 Å². The van der Waals surface area contributed by atoms with Gasteiger partial charge in [0.25, 0.3) is 5.91 Å². The van der Waals surface area contributed by atoms with Gasteiger partial charge in [0.05, 0.1) is 17.9 Å². The lowest BCUT2D eigenvalue weighted by molar-refractivity contribution is -0.121. The monoisotopic (exact) mass is 403 g/mol. The SMILES string of the molecule is O=C1N(Cc2ccccc2)c2cc(Br)ccc2C12N=Nc1ccccc12. The molecule has 0 radical (unpaired) electrons. The number of benzene rings is 3. The van der Waals surface area contributed by atoms with Crippen molar-refractivity contribution in [3.8, 4) is 0 Å². The quantitative estimate of drug-likeness (QED) is 0.569. The molecule has 0 aliphatic carbocycles. The van der Waals surface area contributed by atoms with Gasteiger partial charge >= 0.3 is 0 Å². The fourth-order valence-corrected chi connectivity index (χ4v) is 4.13. The van der Waals surface area contributed by atoms with Crippen LogP contribution in [0, 0.1) is 0 Å². The molecule has 3 aromatic rings. The molecule has 4 nitrogen and oxygen atoms in total. The van der Waals surface area contributed by atoms with Crippen LogP contribution in [0.5, 0.6) is 0 Å². The van der Waals surface area contributed by atoms with Crippen molar-refractivity contribution >= 4 is 33.2 Å². The zero-order chi connectivity index (χ0) is 17.7. The van der Waals surface area contributed by atoms with Crippen molar-refractivity contribution in [1.29, 1.82) is 0 Å². The first kappa shape index (κ1) is 15.5. The summed E-state index contributed by atoms with van der Waals surface area (Å²) in [6.45, 7) is 0.503. The lowest BCUT2D eigenvalue weighted by Crippen LogP contribution is -2.38. The highest BCUT2D eigenvalue weighted by molar-refractivity contribution is 9.10. The average Bonchev–Trinajstić information content (AvgIpc) is 3.16. The first-order valence-corrected chi connectivity index (χ1v) is 9.18. The molecule has 2 aliphatic heterocycles. The Bertz CT molecular complexity index is 1060. The van der Waals surface area contributed by atoms with Crippen molar-refractivity contribution in [2.24, 2.45) is 10.2 Å². The van der Waals surface area contributed by atoms with Crippen molar-refractivity contribution in [2.45, 2.75) is 12.1 Å². The fourth-order valence-electron chi connectivity index (χ4n) is 3.78. The lowest BCUT2D eigenvalue weighted by Gasteiger charge is -2.21. The maximum atomic E-state index is 13.6. The molecular weight excluding hydrogens is 390 g/mol. The number of fused-ring (bicyclic) bond motifs is 4. The van der Waals surface area contributed by atoms with Crippen LogP contribution in [-0.4, -0.2) is 5.91 Å². The smallest absolute Gasteiger partial charge is 0.266 e. The first-order valence-electron chi connectivity index (χ1n) is 8.38. The van der Waals surface area contributed by atoms with Crippen LogP contribution in [0.3, 0.4) is 0 Å². The third kappa shape index (κ3) is 2.04. The molecule has 0 N–H and O–H groups in total. The molecule has 2 aliphatic rings. The standard InChI is InChI=1S/C21H14BrN3O/c22-15-10-11-17-19(12-15)25(13-14-6-2-1-3-7-14)20(26)21(17)16-8-4-5-9-18(16)23-24-21/h1-12H,13H2. The van der Waals surface area contributed by atoms with E-state index in [1.54, 1.807) is 0 Å². The van der Waals surface area contributed by atoms with Crippen molar-refractivity contribution in [2.75, 3.05) is 4.90 Å². The van der Waals surface area contributed by atoms with Crippen molar-refractivity contribution in [3.63, 3.8) is 0 Å². The Kier molecular flexibility index (Phi) is 3.34. The zero-order valence-electron chi connectivity index (χ0n) is 13.8. The number of azo groups is 1. The van der Waals surface area contributed by atoms with Crippen LogP contribution >= 0.6 is 15.9 Å². The third-order valence-corrected chi connectivity index (χ3v) is 5.47. The molecule has 1 atom stereocenters. The van der Waals surface area contributed by atoms with Gasteiger partial charge in [-0.05, 0) is 23.8 Å². The number of carbonyl (C=O) groups is 1. The molecule has 26 heavy (non-hydrogen) atoms. The van der Waals surface area contributed by atoms with E-state index in [4.69, 9.17) is 0 Å². The van der Waals surface area contributed by atoms with E-state index in [0.717, 1.165) is 32.5 Å². The van der Waals surface area contributed by atoms with E-state index >= 15 is 0 Å². The summed E-state index contributed by atoms with van der Waals surface area (Å²) >= 11 is 3.53. The summed E-state index contributed by atoms with van der Waals surface area (Å²) in [5, 5.41) is 8.81. The van der Waals surface area contributed by atoms with E-state index < -0.39 is 5.54 Å². The molecule has 0 saturated carbocycles. The molecule has 1 spiro atoms. The minimum absolute atomic E-state index is 0.0526. The molecule has 3 aromatic carbocycles. The van der Waals surface area contributed by atoms with Gasteiger partial charge in [-0.1, -0.05) is 70.5 Å². The Hall–Kier alpha value is -2.79. The minimum atomic E-state index is -1.07. The van der Waals surface area contributed by atoms with Crippen LogP contribution < -0.4 is 4.90 Å². The highest BCUT2D eigenvalue weighted by Gasteiger charge is 2.56. The Morgan fingerprint density at radius 2 is 1.69 bits per heavy atom. The molecule has 1 amide bonds. The summed E-state index contributed by atoms with van der Waals surface area (Å²) in [7, 11) is 0. The van der Waals surface area contributed by atoms with Gasteiger partial charge in [0.2, 0.25) is 5.54 Å². The van der Waals surface area contributed by atoms with Gasteiger partial charge < -0.3 is 4.90 Å². The largest absolute Gasteiger partial charge is 0.305 e. The van der Waals surface area contributed by atoms with Crippen LogP contribution in [0.2, 0.25) is 0 Å². The Morgan fingerprint density at radius 3 is 2.54 bits per heavy atom. The first-order chi connectivity index (χ1) is 12.7. The van der Waals surface area contributed by atoms with E-state index in [1.807, 2.05) is 77.7 Å². The normalized spacial score (nSPS) is 19.9. The topological polar surface area (TPSA) is 45.0 Å². The number of carbonyl (C=O) groups excluding carboxylic acids is 1. The fraction of sp³-hybridized carbons (Fsp3) is 0.0952. The van der Waals surface area contributed by atoms with Gasteiger partial charge in [-0.2, -0.15) is 10.2 Å². The second-order valence-electron chi connectivity index (χ2n) is 6.47. The molecule has 2 heterocycles. The summed E-state index contributed by atoms with van der Waals surface area (Å²) in [4.78, 5) is 15.4. The van der Waals surface area contributed by atoms with Crippen molar-refractivity contribution in [3.05, 3.63) is 94.0 Å². The summed E-state index contributed by atoms with van der Waals surface area (Å²) in [6.07, 6.45) is 0. The van der Waals surface area contributed by atoms with E-state index in [-0.39, 0.29) is 5.91 Å². The third-order valence-electron chi connectivity index (χ3n) is 4.98. The number of hydrogen-bond donors (Lipinski definition) is 0. The molecule has 126 valence electrons. The van der Waals surface area contributed by atoms with Gasteiger partial charge in [0.15, 0.2) is 0 Å². The molecule has 0 fully saturated rings. The molecule has 0 aromatic heterocycles. The van der Waals surface area contributed by atoms with E-state index in [0.29, 0.717) is 6.54 Å². The number of amides is 1. The van der Waals surface area contributed by atoms with Gasteiger partial charge in [0.1, 0.15) is 0 Å². The Balaban J connectivity index is 1.71. The summed E-state index contributed by atoms with van der Waals surface area (Å²) in [5.41, 5.74) is 3.38. The number of halogens is 1. The predicted octanol–water partition coefficient (Wildman–Crippen LogP) is 5.34. The molecule has 1 unspecified atom stereocenters. The van der Waals surface area contributed by atoms with E-state index in [2.05, 4.69) is 26.2 Å². The summed E-state index contributed by atoms with van der Waals surface area (Å²) in [5.74, 6) is -0.0526. The van der Waals surface area contributed by atoms with Crippen LogP contribution in [0.1, 0.15) is 16.7 Å². The number of anilines is 1. The summed E-state index contributed by atoms with van der Waals surface area (Å²) in [6, 6.07) is 23.6. The van der Waals surface area contributed by atoms with E-state index in [9.17, 15) is 4.79 Å².